The first-order valence-electron chi connectivity index (χ1n) is 4.90. The van der Waals surface area contributed by atoms with Gasteiger partial charge >= 0.3 is 0 Å². The van der Waals surface area contributed by atoms with E-state index in [1.165, 1.54) is 0 Å². The number of aromatic hydroxyl groups is 1. The minimum Gasteiger partial charge on any atom is -0.506 e. The van der Waals surface area contributed by atoms with Crippen molar-refractivity contribution in [2.45, 2.75) is 26.3 Å². The van der Waals surface area contributed by atoms with E-state index in [2.05, 4.69) is 5.32 Å². The third-order valence-corrected chi connectivity index (χ3v) is 2.19. The standard InChI is InChI=1S/C11H16N2O2/c1-3-8(12)11(15)13-9-5-4-7(2)6-10(9)14/h4-6,8,14H,3,12H2,1-2H3,(H,13,15). The summed E-state index contributed by atoms with van der Waals surface area (Å²) in [5, 5.41) is 12.1. The molecule has 4 N–H and O–H groups in total. The monoisotopic (exact) mass is 208 g/mol. The fourth-order valence-electron chi connectivity index (χ4n) is 1.16. The summed E-state index contributed by atoms with van der Waals surface area (Å²) in [7, 11) is 0. The third-order valence-electron chi connectivity index (χ3n) is 2.19. The van der Waals surface area contributed by atoms with Crippen LogP contribution in [0.25, 0.3) is 0 Å². The Labute approximate surface area is 89.1 Å². The summed E-state index contributed by atoms with van der Waals surface area (Å²) < 4.78 is 0. The highest BCUT2D eigenvalue weighted by Gasteiger charge is 2.12. The maximum absolute atomic E-state index is 11.4. The Morgan fingerprint density at radius 2 is 2.27 bits per heavy atom. The van der Waals surface area contributed by atoms with Gasteiger partial charge in [-0.25, -0.2) is 0 Å². The number of nitrogens with two attached hydrogens (primary N) is 1. The van der Waals surface area contributed by atoms with Gasteiger partial charge in [-0.3, -0.25) is 4.79 Å². The Balaban J connectivity index is 2.77. The average Bonchev–Trinajstić information content (AvgIpc) is 2.20. The molecule has 82 valence electrons. The predicted octanol–water partition coefficient (Wildman–Crippen LogP) is 1.38. The fourth-order valence-corrected chi connectivity index (χ4v) is 1.16. The van der Waals surface area contributed by atoms with E-state index in [0.29, 0.717) is 12.1 Å². The Hall–Kier alpha value is -1.55. The van der Waals surface area contributed by atoms with Crippen molar-refractivity contribution in [3.8, 4) is 5.75 Å². The Bertz CT molecular complexity index is 364. The molecule has 1 rings (SSSR count). The molecule has 0 bridgehead atoms. The molecule has 1 amide bonds. The predicted molar refractivity (Wildman–Crippen MR) is 59.7 cm³/mol. The largest absolute Gasteiger partial charge is 0.506 e. The number of nitrogens with one attached hydrogen (secondary N) is 1. The first-order valence-corrected chi connectivity index (χ1v) is 4.90. The second-order valence-electron chi connectivity index (χ2n) is 3.52. The van der Waals surface area contributed by atoms with Crippen LogP contribution in [0.1, 0.15) is 18.9 Å². The van der Waals surface area contributed by atoms with E-state index in [-0.39, 0.29) is 11.7 Å². The van der Waals surface area contributed by atoms with Crippen LogP contribution in [0.4, 0.5) is 5.69 Å². The van der Waals surface area contributed by atoms with E-state index in [1.54, 1.807) is 12.1 Å². The second-order valence-corrected chi connectivity index (χ2v) is 3.52. The number of aryl methyl sites for hydroxylation is 1. The Morgan fingerprint density at radius 3 is 2.80 bits per heavy atom. The molecule has 0 fully saturated rings. The first-order chi connectivity index (χ1) is 7.04. The maximum Gasteiger partial charge on any atom is 0.241 e. The van der Waals surface area contributed by atoms with E-state index in [4.69, 9.17) is 5.73 Å². The molecule has 0 saturated heterocycles. The molecule has 0 saturated carbocycles. The van der Waals surface area contributed by atoms with Gasteiger partial charge < -0.3 is 16.2 Å². The van der Waals surface area contributed by atoms with Crippen molar-refractivity contribution in [3.05, 3.63) is 23.8 Å². The highest BCUT2D eigenvalue weighted by molar-refractivity contribution is 5.95. The van der Waals surface area contributed by atoms with Gasteiger partial charge in [-0.2, -0.15) is 0 Å². The minimum atomic E-state index is -0.536. The van der Waals surface area contributed by atoms with Gasteiger partial charge in [0, 0.05) is 0 Å². The molecule has 1 aromatic rings. The van der Waals surface area contributed by atoms with E-state index in [0.717, 1.165) is 5.56 Å². The van der Waals surface area contributed by atoms with Gasteiger partial charge in [-0.1, -0.05) is 13.0 Å². The number of hydrogen-bond acceptors (Lipinski definition) is 3. The molecule has 0 heterocycles. The highest BCUT2D eigenvalue weighted by Crippen LogP contribution is 2.23. The number of carbonyl (C=O) groups is 1. The summed E-state index contributed by atoms with van der Waals surface area (Å²) in [5.41, 5.74) is 6.88. The quantitative estimate of drug-likeness (QED) is 0.657. The fraction of sp³-hybridized carbons (Fsp3) is 0.364. The summed E-state index contributed by atoms with van der Waals surface area (Å²) >= 11 is 0. The van der Waals surface area contributed by atoms with Gasteiger partial charge in [-0.15, -0.1) is 0 Å². The van der Waals surface area contributed by atoms with Crippen LogP contribution in [0, 0.1) is 6.92 Å². The van der Waals surface area contributed by atoms with Crippen molar-refractivity contribution in [2.24, 2.45) is 5.73 Å². The topological polar surface area (TPSA) is 75.4 Å². The number of anilines is 1. The van der Waals surface area contributed by atoms with Crippen molar-refractivity contribution in [1.29, 1.82) is 0 Å². The van der Waals surface area contributed by atoms with E-state index in [1.807, 2.05) is 19.9 Å². The first kappa shape index (κ1) is 11.5. The van der Waals surface area contributed by atoms with E-state index >= 15 is 0 Å². The van der Waals surface area contributed by atoms with Gasteiger partial charge in [0.1, 0.15) is 5.75 Å². The van der Waals surface area contributed by atoms with Crippen LogP contribution in [-0.2, 0) is 4.79 Å². The number of carbonyl (C=O) groups excluding carboxylic acids is 1. The molecule has 1 atom stereocenters. The van der Waals surface area contributed by atoms with Crippen LogP contribution < -0.4 is 11.1 Å². The van der Waals surface area contributed by atoms with Crippen LogP contribution in [-0.4, -0.2) is 17.1 Å². The molecule has 4 nitrogen and oxygen atoms in total. The summed E-state index contributed by atoms with van der Waals surface area (Å²) in [6.07, 6.45) is 0.568. The summed E-state index contributed by atoms with van der Waals surface area (Å²) in [5.74, 6) is -0.219. The highest BCUT2D eigenvalue weighted by atomic mass is 16.3. The van der Waals surface area contributed by atoms with Gasteiger partial charge in [0.2, 0.25) is 5.91 Å². The van der Waals surface area contributed by atoms with Gasteiger partial charge in [0.15, 0.2) is 0 Å². The van der Waals surface area contributed by atoms with Crippen molar-refractivity contribution in [1.82, 2.24) is 0 Å². The van der Waals surface area contributed by atoms with E-state index < -0.39 is 6.04 Å². The van der Waals surface area contributed by atoms with Crippen molar-refractivity contribution in [2.75, 3.05) is 5.32 Å². The third kappa shape index (κ3) is 2.95. The zero-order valence-corrected chi connectivity index (χ0v) is 8.95. The molecule has 1 unspecified atom stereocenters. The van der Waals surface area contributed by atoms with Crippen LogP contribution in [0.5, 0.6) is 5.75 Å². The number of hydrogen-bond donors (Lipinski definition) is 3. The number of benzene rings is 1. The summed E-state index contributed by atoms with van der Waals surface area (Å²) in [6, 6.07) is 4.52. The van der Waals surface area contributed by atoms with Gasteiger partial charge in [-0.05, 0) is 31.0 Å². The molecule has 0 aliphatic carbocycles. The molecule has 0 spiro atoms. The van der Waals surface area contributed by atoms with Crippen LogP contribution in [0.3, 0.4) is 0 Å². The molecule has 0 aromatic heterocycles. The van der Waals surface area contributed by atoms with Gasteiger partial charge in [0.25, 0.3) is 0 Å². The number of phenols is 1. The van der Waals surface area contributed by atoms with Gasteiger partial charge in [0.05, 0.1) is 11.7 Å². The van der Waals surface area contributed by atoms with Crippen molar-refractivity contribution < 1.29 is 9.90 Å². The normalized spacial score (nSPS) is 12.2. The van der Waals surface area contributed by atoms with Crippen molar-refractivity contribution >= 4 is 11.6 Å². The lowest BCUT2D eigenvalue weighted by Gasteiger charge is -2.11. The smallest absolute Gasteiger partial charge is 0.241 e. The lowest BCUT2D eigenvalue weighted by Crippen LogP contribution is -2.34. The lowest BCUT2D eigenvalue weighted by atomic mass is 10.2. The van der Waals surface area contributed by atoms with Crippen LogP contribution >= 0.6 is 0 Å². The summed E-state index contributed by atoms with van der Waals surface area (Å²) in [4.78, 5) is 11.4. The SMILES string of the molecule is CCC(N)C(=O)Nc1ccc(C)cc1O. The number of phenolic OH excluding ortho intramolecular Hbond substituents is 1. The Kier molecular flexibility index (Phi) is 3.68. The molecule has 1 aromatic carbocycles. The average molecular weight is 208 g/mol. The molecule has 15 heavy (non-hydrogen) atoms. The molecular formula is C11H16N2O2. The molecular weight excluding hydrogens is 192 g/mol. The minimum absolute atomic E-state index is 0.0617. The lowest BCUT2D eigenvalue weighted by molar-refractivity contribution is -0.117. The number of rotatable bonds is 3. The molecule has 0 radical (unpaired) electrons. The maximum atomic E-state index is 11.4. The van der Waals surface area contributed by atoms with Crippen LogP contribution in [0.15, 0.2) is 18.2 Å². The van der Waals surface area contributed by atoms with Crippen LogP contribution in [0.2, 0.25) is 0 Å². The molecule has 0 aliphatic heterocycles. The molecule has 4 heteroatoms. The van der Waals surface area contributed by atoms with E-state index in [9.17, 15) is 9.90 Å². The second kappa shape index (κ2) is 4.79. The molecule has 0 aliphatic rings. The number of amides is 1. The zero-order chi connectivity index (χ0) is 11.4. The van der Waals surface area contributed by atoms with Crippen molar-refractivity contribution in [3.63, 3.8) is 0 Å². The zero-order valence-electron chi connectivity index (χ0n) is 8.95. The summed E-state index contributed by atoms with van der Waals surface area (Å²) in [6.45, 7) is 3.70. The Morgan fingerprint density at radius 1 is 1.60 bits per heavy atom.